The summed E-state index contributed by atoms with van der Waals surface area (Å²) < 4.78 is 5.27. The van der Waals surface area contributed by atoms with Gasteiger partial charge < -0.3 is 9.84 Å². The number of amides is 1. The molecule has 0 saturated carbocycles. The fourth-order valence-corrected chi connectivity index (χ4v) is 3.66. The quantitative estimate of drug-likeness (QED) is 0.593. The van der Waals surface area contributed by atoms with Crippen molar-refractivity contribution in [2.45, 2.75) is 46.1 Å². The molecule has 6 heteroatoms. The highest BCUT2D eigenvalue weighted by Crippen LogP contribution is 2.24. The lowest BCUT2D eigenvalue weighted by atomic mass is 10.0. The Bertz CT molecular complexity index is 932. The van der Waals surface area contributed by atoms with Gasteiger partial charge in [-0.1, -0.05) is 63.2 Å². The Morgan fingerprint density at radius 2 is 1.90 bits per heavy atom. The predicted octanol–water partition coefficient (Wildman–Crippen LogP) is 4.03. The van der Waals surface area contributed by atoms with Crippen LogP contribution in [0.5, 0.6) is 0 Å². The molecule has 0 aliphatic carbocycles. The van der Waals surface area contributed by atoms with Gasteiger partial charge in [0.2, 0.25) is 0 Å². The zero-order chi connectivity index (χ0) is 20.8. The van der Waals surface area contributed by atoms with Gasteiger partial charge in [-0.15, -0.1) is 0 Å². The van der Waals surface area contributed by atoms with Gasteiger partial charge in [0.25, 0.3) is 11.6 Å². The molecule has 0 saturated heterocycles. The van der Waals surface area contributed by atoms with Crippen molar-refractivity contribution in [3.63, 3.8) is 0 Å². The third kappa shape index (κ3) is 5.01. The Morgan fingerprint density at radius 1 is 1.17 bits per heavy atom. The fourth-order valence-electron chi connectivity index (χ4n) is 3.66. The van der Waals surface area contributed by atoms with Crippen LogP contribution in [-0.4, -0.2) is 46.6 Å². The van der Waals surface area contributed by atoms with Crippen molar-refractivity contribution in [3.8, 4) is 0 Å². The Hall–Kier alpha value is -2.73. The Balaban J connectivity index is 1.73. The van der Waals surface area contributed by atoms with E-state index in [2.05, 4.69) is 58.5 Å². The highest BCUT2D eigenvalue weighted by Gasteiger charge is 2.19. The molecule has 0 radical (unpaired) electrons. The molecule has 0 aliphatic heterocycles. The summed E-state index contributed by atoms with van der Waals surface area (Å²) in [4.78, 5) is 19.5. The number of hydrogen-bond donors (Lipinski definition) is 1. The van der Waals surface area contributed by atoms with Crippen LogP contribution < -0.4 is 5.32 Å². The second-order valence-corrected chi connectivity index (χ2v) is 7.57. The lowest BCUT2D eigenvalue weighted by molar-refractivity contribution is 0.0934. The van der Waals surface area contributed by atoms with Gasteiger partial charge in [0.1, 0.15) is 0 Å². The number of pyridine rings is 1. The van der Waals surface area contributed by atoms with E-state index < -0.39 is 0 Å². The molecule has 0 bridgehead atoms. The van der Waals surface area contributed by atoms with E-state index in [0.29, 0.717) is 17.8 Å². The van der Waals surface area contributed by atoms with E-state index in [-0.39, 0.29) is 17.9 Å². The number of rotatable bonds is 9. The van der Waals surface area contributed by atoms with E-state index in [9.17, 15) is 4.79 Å². The first kappa shape index (κ1) is 21.0. The molecule has 3 rings (SSSR count). The largest absolute Gasteiger partial charge is 0.350 e. The van der Waals surface area contributed by atoms with Crippen LogP contribution in [-0.2, 0) is 6.42 Å². The lowest BCUT2D eigenvalue weighted by Crippen LogP contribution is -2.45. The number of carbonyl (C=O) groups is 1. The molecule has 2 aromatic heterocycles. The first-order valence-electron chi connectivity index (χ1n) is 10.3. The van der Waals surface area contributed by atoms with Crippen molar-refractivity contribution in [1.29, 1.82) is 0 Å². The van der Waals surface area contributed by atoms with Gasteiger partial charge in [0, 0.05) is 18.8 Å². The molecule has 1 N–H and O–H groups in total. The molecule has 1 atom stereocenters. The normalized spacial score (nSPS) is 12.6. The highest BCUT2D eigenvalue weighted by molar-refractivity contribution is 5.97. The maximum absolute atomic E-state index is 12.8. The SMILES string of the molecule is CCN(CC)C(CNC(=O)c1cnc2onc(C(C)C)c2c1)Cc1ccccc1. The van der Waals surface area contributed by atoms with Crippen molar-refractivity contribution in [2.24, 2.45) is 0 Å². The topological polar surface area (TPSA) is 71.3 Å². The van der Waals surface area contributed by atoms with Crippen molar-refractivity contribution < 1.29 is 9.32 Å². The fraction of sp³-hybridized carbons (Fsp3) is 0.435. The Kier molecular flexibility index (Phi) is 6.99. The summed E-state index contributed by atoms with van der Waals surface area (Å²) in [6.45, 7) is 10.9. The van der Waals surface area contributed by atoms with Crippen LogP contribution in [0.25, 0.3) is 11.1 Å². The summed E-state index contributed by atoms with van der Waals surface area (Å²) >= 11 is 0. The van der Waals surface area contributed by atoms with E-state index in [4.69, 9.17) is 4.52 Å². The maximum atomic E-state index is 12.8. The van der Waals surface area contributed by atoms with Crippen LogP contribution in [0.4, 0.5) is 0 Å². The van der Waals surface area contributed by atoms with Gasteiger partial charge in [-0.2, -0.15) is 0 Å². The molecule has 29 heavy (non-hydrogen) atoms. The minimum Gasteiger partial charge on any atom is -0.350 e. The zero-order valence-electron chi connectivity index (χ0n) is 17.7. The minimum atomic E-state index is -0.125. The van der Waals surface area contributed by atoms with Gasteiger partial charge in [0.15, 0.2) is 0 Å². The van der Waals surface area contributed by atoms with E-state index in [1.54, 1.807) is 6.20 Å². The number of nitrogens with zero attached hydrogens (tertiary/aromatic N) is 3. The third-order valence-electron chi connectivity index (χ3n) is 5.31. The summed E-state index contributed by atoms with van der Waals surface area (Å²) in [5.41, 5.74) is 3.09. The van der Waals surface area contributed by atoms with E-state index in [0.717, 1.165) is 30.6 Å². The van der Waals surface area contributed by atoms with Crippen molar-refractivity contribution in [3.05, 3.63) is 59.4 Å². The molecule has 1 aromatic carbocycles. The Labute approximate surface area is 172 Å². The highest BCUT2D eigenvalue weighted by atomic mass is 16.5. The van der Waals surface area contributed by atoms with E-state index in [1.807, 2.05) is 26.0 Å². The molecule has 154 valence electrons. The molecular weight excluding hydrogens is 364 g/mol. The number of hydrogen-bond acceptors (Lipinski definition) is 5. The summed E-state index contributed by atoms with van der Waals surface area (Å²) in [7, 11) is 0. The summed E-state index contributed by atoms with van der Waals surface area (Å²) in [5.74, 6) is 0.0785. The average molecular weight is 395 g/mol. The first-order chi connectivity index (χ1) is 14.0. The van der Waals surface area contributed by atoms with Crippen LogP contribution in [0, 0.1) is 0 Å². The summed E-state index contributed by atoms with van der Waals surface area (Å²) in [6.07, 6.45) is 2.44. The molecule has 6 nitrogen and oxygen atoms in total. The second-order valence-electron chi connectivity index (χ2n) is 7.57. The average Bonchev–Trinajstić information content (AvgIpc) is 3.16. The molecule has 2 heterocycles. The van der Waals surface area contributed by atoms with Crippen molar-refractivity contribution in [1.82, 2.24) is 20.4 Å². The van der Waals surface area contributed by atoms with Gasteiger partial charge in [-0.05, 0) is 37.1 Å². The second kappa shape index (κ2) is 9.65. The van der Waals surface area contributed by atoms with Gasteiger partial charge >= 0.3 is 0 Å². The van der Waals surface area contributed by atoms with E-state index in [1.165, 1.54) is 5.56 Å². The standard InChI is InChI=1S/C23H30N4O2/c1-5-27(6-2)19(12-17-10-8-7-9-11-17)15-24-22(28)18-13-20-21(16(3)4)26-29-23(20)25-14-18/h7-11,13-14,16,19H,5-6,12,15H2,1-4H3,(H,24,28). The molecule has 1 unspecified atom stereocenters. The number of carbonyl (C=O) groups excluding carboxylic acids is 1. The van der Waals surface area contributed by atoms with Crippen LogP contribution in [0.3, 0.4) is 0 Å². The molecular formula is C23H30N4O2. The van der Waals surface area contributed by atoms with Gasteiger partial charge in [0.05, 0.1) is 16.6 Å². The molecule has 0 aliphatic rings. The van der Waals surface area contributed by atoms with E-state index >= 15 is 0 Å². The van der Waals surface area contributed by atoms with Crippen LogP contribution in [0.1, 0.15) is 55.2 Å². The lowest BCUT2D eigenvalue weighted by Gasteiger charge is -2.30. The maximum Gasteiger partial charge on any atom is 0.257 e. The summed E-state index contributed by atoms with van der Waals surface area (Å²) in [5, 5.41) is 7.99. The van der Waals surface area contributed by atoms with Crippen LogP contribution in [0.2, 0.25) is 0 Å². The van der Waals surface area contributed by atoms with Gasteiger partial charge in [-0.25, -0.2) is 4.98 Å². The predicted molar refractivity (Wildman–Crippen MR) is 115 cm³/mol. The van der Waals surface area contributed by atoms with Crippen molar-refractivity contribution in [2.75, 3.05) is 19.6 Å². The summed E-state index contributed by atoms with van der Waals surface area (Å²) in [6, 6.07) is 12.5. The minimum absolute atomic E-state index is 0.125. The Morgan fingerprint density at radius 3 is 2.55 bits per heavy atom. The third-order valence-corrected chi connectivity index (χ3v) is 5.31. The molecule has 0 spiro atoms. The number of aromatic nitrogens is 2. The molecule has 1 amide bonds. The van der Waals surface area contributed by atoms with Crippen molar-refractivity contribution >= 4 is 17.0 Å². The number of benzene rings is 1. The number of fused-ring (bicyclic) bond motifs is 1. The van der Waals surface area contributed by atoms with Gasteiger partial charge in [-0.3, -0.25) is 9.69 Å². The number of nitrogens with one attached hydrogen (secondary N) is 1. The van der Waals surface area contributed by atoms with Crippen LogP contribution >= 0.6 is 0 Å². The smallest absolute Gasteiger partial charge is 0.257 e. The first-order valence-corrected chi connectivity index (χ1v) is 10.3. The zero-order valence-corrected chi connectivity index (χ0v) is 17.7. The number of likely N-dealkylation sites (N-methyl/N-ethyl adjacent to an activating group) is 1. The van der Waals surface area contributed by atoms with Crippen LogP contribution in [0.15, 0.2) is 47.1 Å². The molecule has 0 fully saturated rings. The molecule has 3 aromatic rings. The monoisotopic (exact) mass is 394 g/mol.